The third-order valence-electron chi connectivity index (χ3n) is 3.26. The third kappa shape index (κ3) is 3.95. The number of nitrogens with zero attached hydrogens (tertiary/aromatic N) is 2. The highest BCUT2D eigenvalue weighted by molar-refractivity contribution is 5.35. The van der Waals surface area contributed by atoms with Crippen molar-refractivity contribution in [3.05, 3.63) is 17.6 Å². The zero-order valence-electron chi connectivity index (χ0n) is 11.4. The van der Waals surface area contributed by atoms with Crippen molar-refractivity contribution in [2.24, 2.45) is 0 Å². The molecule has 0 unspecified atom stereocenters. The molecule has 0 aliphatic heterocycles. The van der Waals surface area contributed by atoms with Gasteiger partial charge in [0.25, 0.3) is 0 Å². The van der Waals surface area contributed by atoms with E-state index in [2.05, 4.69) is 22.2 Å². The maximum absolute atomic E-state index is 5.90. The lowest BCUT2D eigenvalue weighted by Crippen LogP contribution is -2.17. The van der Waals surface area contributed by atoms with E-state index >= 15 is 0 Å². The minimum absolute atomic E-state index is 0.408. The number of anilines is 1. The van der Waals surface area contributed by atoms with Gasteiger partial charge in [-0.3, -0.25) is 0 Å². The molecule has 0 radical (unpaired) electrons. The molecule has 1 fully saturated rings. The largest absolute Gasteiger partial charge is 0.370 e. The maximum atomic E-state index is 5.90. The van der Waals surface area contributed by atoms with E-state index in [0.29, 0.717) is 12.7 Å². The molecule has 0 saturated heterocycles. The molecular formula is C14H23N3O. The van der Waals surface area contributed by atoms with Crippen LogP contribution in [0.1, 0.15) is 50.5 Å². The summed E-state index contributed by atoms with van der Waals surface area (Å²) in [5.74, 6) is 1.68. The number of aromatic nitrogens is 2. The summed E-state index contributed by atoms with van der Waals surface area (Å²) in [7, 11) is 0. The predicted molar refractivity (Wildman–Crippen MR) is 72.6 cm³/mol. The molecule has 0 bridgehead atoms. The SMILES string of the molecule is CCNc1cc(C)nc(COC2CCCCC2)n1. The molecule has 1 saturated carbocycles. The van der Waals surface area contributed by atoms with E-state index < -0.39 is 0 Å². The molecule has 0 amide bonds. The van der Waals surface area contributed by atoms with Gasteiger partial charge in [0.2, 0.25) is 0 Å². The van der Waals surface area contributed by atoms with Gasteiger partial charge in [-0.2, -0.15) is 0 Å². The first kappa shape index (κ1) is 13.3. The van der Waals surface area contributed by atoms with Gasteiger partial charge in [0, 0.05) is 18.3 Å². The van der Waals surface area contributed by atoms with Crippen molar-refractivity contribution in [1.82, 2.24) is 9.97 Å². The van der Waals surface area contributed by atoms with Crippen LogP contribution in [0.3, 0.4) is 0 Å². The standard InChI is InChI=1S/C14H23N3O/c1-3-15-13-9-11(2)16-14(17-13)10-18-12-7-5-4-6-8-12/h9,12H,3-8,10H2,1-2H3,(H,15,16,17). The average Bonchev–Trinajstić information content (AvgIpc) is 2.37. The van der Waals surface area contributed by atoms with E-state index in [9.17, 15) is 0 Å². The van der Waals surface area contributed by atoms with Crippen molar-refractivity contribution < 1.29 is 4.74 Å². The summed E-state index contributed by atoms with van der Waals surface area (Å²) in [6, 6.07) is 1.97. The Bertz CT molecular complexity index is 375. The lowest BCUT2D eigenvalue weighted by atomic mass is 9.98. The lowest BCUT2D eigenvalue weighted by molar-refractivity contribution is 0.0135. The van der Waals surface area contributed by atoms with Crippen molar-refractivity contribution in [3.8, 4) is 0 Å². The molecule has 4 nitrogen and oxygen atoms in total. The summed E-state index contributed by atoms with van der Waals surface area (Å²) < 4.78 is 5.90. The Morgan fingerprint density at radius 1 is 1.28 bits per heavy atom. The fraction of sp³-hybridized carbons (Fsp3) is 0.714. The highest BCUT2D eigenvalue weighted by atomic mass is 16.5. The van der Waals surface area contributed by atoms with Gasteiger partial charge in [-0.1, -0.05) is 19.3 Å². The van der Waals surface area contributed by atoms with Crippen molar-refractivity contribution in [1.29, 1.82) is 0 Å². The van der Waals surface area contributed by atoms with Crippen LogP contribution in [0.15, 0.2) is 6.07 Å². The van der Waals surface area contributed by atoms with Crippen LogP contribution in [0.2, 0.25) is 0 Å². The number of rotatable bonds is 5. The zero-order chi connectivity index (χ0) is 12.8. The summed E-state index contributed by atoms with van der Waals surface area (Å²) in [6.07, 6.45) is 6.72. The third-order valence-corrected chi connectivity index (χ3v) is 3.26. The molecular weight excluding hydrogens is 226 g/mol. The molecule has 1 aliphatic rings. The minimum Gasteiger partial charge on any atom is -0.370 e. The molecule has 4 heteroatoms. The Morgan fingerprint density at radius 2 is 2.06 bits per heavy atom. The Kier molecular flexibility index (Phi) is 4.93. The quantitative estimate of drug-likeness (QED) is 0.871. The normalized spacial score (nSPS) is 16.8. The van der Waals surface area contributed by atoms with Gasteiger partial charge in [-0.15, -0.1) is 0 Å². The molecule has 100 valence electrons. The summed E-state index contributed by atoms with van der Waals surface area (Å²) >= 11 is 0. The molecule has 0 aromatic carbocycles. The number of hydrogen-bond donors (Lipinski definition) is 1. The van der Waals surface area contributed by atoms with E-state index in [-0.39, 0.29) is 0 Å². The molecule has 0 spiro atoms. The van der Waals surface area contributed by atoms with Crippen LogP contribution >= 0.6 is 0 Å². The Hall–Kier alpha value is -1.16. The summed E-state index contributed by atoms with van der Waals surface area (Å²) in [5, 5.41) is 3.22. The monoisotopic (exact) mass is 249 g/mol. The number of nitrogens with one attached hydrogen (secondary N) is 1. The second-order valence-electron chi connectivity index (χ2n) is 4.91. The van der Waals surface area contributed by atoms with Crippen LogP contribution in [-0.2, 0) is 11.3 Å². The van der Waals surface area contributed by atoms with Gasteiger partial charge in [-0.05, 0) is 26.7 Å². The van der Waals surface area contributed by atoms with Crippen molar-refractivity contribution in [2.45, 2.75) is 58.7 Å². The smallest absolute Gasteiger partial charge is 0.156 e. The Morgan fingerprint density at radius 3 is 2.78 bits per heavy atom. The fourth-order valence-corrected chi connectivity index (χ4v) is 2.39. The molecule has 1 aromatic heterocycles. The van der Waals surface area contributed by atoms with Crippen molar-refractivity contribution >= 4 is 5.82 Å². The van der Waals surface area contributed by atoms with Gasteiger partial charge in [0.1, 0.15) is 12.4 Å². The highest BCUT2D eigenvalue weighted by Crippen LogP contribution is 2.21. The van der Waals surface area contributed by atoms with Crippen LogP contribution in [-0.4, -0.2) is 22.6 Å². The molecule has 1 aliphatic carbocycles. The van der Waals surface area contributed by atoms with Crippen LogP contribution < -0.4 is 5.32 Å². The Balaban J connectivity index is 1.91. The molecule has 1 aromatic rings. The van der Waals surface area contributed by atoms with Gasteiger partial charge in [0.15, 0.2) is 5.82 Å². The van der Waals surface area contributed by atoms with E-state index in [1.165, 1.54) is 32.1 Å². The second-order valence-corrected chi connectivity index (χ2v) is 4.91. The first-order valence-electron chi connectivity index (χ1n) is 6.98. The predicted octanol–water partition coefficient (Wildman–Crippen LogP) is 3.07. The van der Waals surface area contributed by atoms with E-state index in [1.807, 2.05) is 13.0 Å². The summed E-state index contributed by atoms with van der Waals surface area (Å²) in [5.41, 5.74) is 0.989. The molecule has 0 atom stereocenters. The van der Waals surface area contributed by atoms with Crippen molar-refractivity contribution in [2.75, 3.05) is 11.9 Å². The Labute approximate surface area is 109 Å². The van der Waals surface area contributed by atoms with Gasteiger partial charge >= 0.3 is 0 Å². The van der Waals surface area contributed by atoms with Crippen molar-refractivity contribution in [3.63, 3.8) is 0 Å². The van der Waals surface area contributed by atoms with Crippen LogP contribution in [0.5, 0.6) is 0 Å². The first-order valence-corrected chi connectivity index (χ1v) is 6.98. The topological polar surface area (TPSA) is 47.0 Å². The molecule has 2 rings (SSSR count). The number of aryl methyl sites for hydroxylation is 1. The minimum atomic E-state index is 0.408. The van der Waals surface area contributed by atoms with E-state index in [4.69, 9.17) is 4.74 Å². The molecule has 1 N–H and O–H groups in total. The molecule has 18 heavy (non-hydrogen) atoms. The highest BCUT2D eigenvalue weighted by Gasteiger charge is 2.14. The van der Waals surface area contributed by atoms with Gasteiger partial charge in [-0.25, -0.2) is 9.97 Å². The van der Waals surface area contributed by atoms with Crippen LogP contribution in [0.25, 0.3) is 0 Å². The summed E-state index contributed by atoms with van der Waals surface area (Å²) in [6.45, 7) is 5.46. The number of hydrogen-bond acceptors (Lipinski definition) is 4. The second kappa shape index (κ2) is 6.69. The maximum Gasteiger partial charge on any atom is 0.156 e. The fourth-order valence-electron chi connectivity index (χ4n) is 2.39. The van der Waals surface area contributed by atoms with E-state index in [1.54, 1.807) is 0 Å². The first-order chi connectivity index (χ1) is 8.78. The van der Waals surface area contributed by atoms with Gasteiger partial charge in [0.05, 0.1) is 6.10 Å². The lowest BCUT2D eigenvalue weighted by Gasteiger charge is -2.21. The molecule has 1 heterocycles. The summed E-state index contributed by atoms with van der Waals surface area (Å²) in [4.78, 5) is 8.88. The average molecular weight is 249 g/mol. The van der Waals surface area contributed by atoms with E-state index in [0.717, 1.165) is 23.9 Å². The van der Waals surface area contributed by atoms with Gasteiger partial charge < -0.3 is 10.1 Å². The number of ether oxygens (including phenoxy) is 1. The van der Waals surface area contributed by atoms with Crippen LogP contribution in [0.4, 0.5) is 5.82 Å². The zero-order valence-corrected chi connectivity index (χ0v) is 11.4. The van der Waals surface area contributed by atoms with Crippen LogP contribution in [0, 0.1) is 6.92 Å².